The van der Waals surface area contributed by atoms with E-state index in [0.717, 1.165) is 18.9 Å². The van der Waals surface area contributed by atoms with Crippen LogP contribution < -0.4 is 4.90 Å². The summed E-state index contributed by atoms with van der Waals surface area (Å²) in [7, 11) is 0. The van der Waals surface area contributed by atoms with Crippen molar-refractivity contribution < 1.29 is 5.11 Å². The quantitative estimate of drug-likeness (QED) is 0.854. The molecule has 1 fully saturated rings. The minimum absolute atomic E-state index is 0.114. The molecule has 0 aromatic carbocycles. The van der Waals surface area contributed by atoms with Gasteiger partial charge in [-0.3, -0.25) is 0 Å². The fraction of sp³-hybridized carbons (Fsp3) is 0.692. The normalized spacial score (nSPS) is 18.3. The van der Waals surface area contributed by atoms with Crippen molar-refractivity contribution in [1.29, 1.82) is 0 Å². The molecule has 18 heavy (non-hydrogen) atoms. The van der Waals surface area contributed by atoms with Crippen molar-refractivity contribution in [2.24, 2.45) is 5.41 Å². The molecule has 0 spiro atoms. The molecule has 1 N–H and O–H groups in total. The molecule has 0 unspecified atom stereocenters. The molecule has 0 saturated carbocycles. The molecule has 0 atom stereocenters. The van der Waals surface area contributed by atoms with Crippen molar-refractivity contribution in [3.8, 4) is 0 Å². The largest absolute Gasteiger partial charge is 0.391 e. The molecule has 0 radical (unpaired) electrons. The second-order valence-corrected chi connectivity index (χ2v) is 5.36. The van der Waals surface area contributed by atoms with Gasteiger partial charge in [0.05, 0.1) is 12.2 Å². The maximum Gasteiger partial charge on any atom is 0.140 e. The van der Waals surface area contributed by atoms with Gasteiger partial charge in [-0.05, 0) is 24.7 Å². The van der Waals surface area contributed by atoms with E-state index in [0.29, 0.717) is 16.1 Å². The van der Waals surface area contributed by atoms with Crippen LogP contribution in [0.25, 0.3) is 0 Å². The summed E-state index contributed by atoms with van der Waals surface area (Å²) in [4.78, 5) is 10.5. The fourth-order valence-electron chi connectivity index (χ4n) is 2.73. The zero-order valence-corrected chi connectivity index (χ0v) is 11.7. The fourth-order valence-corrected chi connectivity index (χ4v) is 2.92. The number of nitrogens with zero attached hydrogens (tertiary/aromatic N) is 3. The van der Waals surface area contributed by atoms with Crippen LogP contribution in [0.5, 0.6) is 0 Å². The molecule has 1 aliphatic heterocycles. The lowest BCUT2D eigenvalue weighted by molar-refractivity contribution is 0.280. The van der Waals surface area contributed by atoms with Gasteiger partial charge in [0.2, 0.25) is 0 Å². The van der Waals surface area contributed by atoms with E-state index in [9.17, 15) is 5.11 Å². The average molecular weight is 270 g/mol. The maximum atomic E-state index is 9.41. The third-order valence-electron chi connectivity index (χ3n) is 4.27. The first-order valence-electron chi connectivity index (χ1n) is 6.51. The second kappa shape index (κ2) is 5.41. The Labute approximate surface area is 113 Å². The SMILES string of the molecule is CCC1(CC)CCN(c2ncnc(Cl)c2CO)C1. The van der Waals surface area contributed by atoms with Gasteiger partial charge in [-0.25, -0.2) is 9.97 Å². The minimum Gasteiger partial charge on any atom is -0.391 e. The standard InChI is InChI=1S/C13H20ClN3O/c1-3-13(4-2)5-6-17(8-13)12-10(7-18)11(14)15-9-16-12/h9,18H,3-8H2,1-2H3. The number of hydrogen-bond donors (Lipinski definition) is 1. The van der Waals surface area contributed by atoms with E-state index < -0.39 is 0 Å². The molecular weight excluding hydrogens is 250 g/mol. The molecule has 0 bridgehead atoms. The summed E-state index contributed by atoms with van der Waals surface area (Å²) >= 11 is 6.01. The topological polar surface area (TPSA) is 49.2 Å². The van der Waals surface area contributed by atoms with Gasteiger partial charge in [0.15, 0.2) is 0 Å². The zero-order valence-electron chi connectivity index (χ0n) is 11.0. The Balaban J connectivity index is 2.27. The molecule has 1 aliphatic rings. The summed E-state index contributed by atoms with van der Waals surface area (Å²) in [6, 6.07) is 0. The summed E-state index contributed by atoms with van der Waals surface area (Å²) in [6.45, 7) is 6.33. The molecular formula is C13H20ClN3O. The van der Waals surface area contributed by atoms with E-state index >= 15 is 0 Å². The van der Waals surface area contributed by atoms with Gasteiger partial charge in [-0.1, -0.05) is 25.4 Å². The van der Waals surface area contributed by atoms with Crippen LogP contribution >= 0.6 is 11.6 Å². The number of aliphatic hydroxyl groups excluding tert-OH is 1. The van der Waals surface area contributed by atoms with Gasteiger partial charge in [-0.2, -0.15) is 0 Å². The first kappa shape index (κ1) is 13.6. The monoisotopic (exact) mass is 269 g/mol. The number of halogens is 1. The van der Waals surface area contributed by atoms with Gasteiger partial charge in [0, 0.05) is 13.1 Å². The molecule has 100 valence electrons. The number of rotatable bonds is 4. The molecule has 0 amide bonds. The highest BCUT2D eigenvalue weighted by Gasteiger charge is 2.36. The molecule has 1 aromatic rings. The summed E-state index contributed by atoms with van der Waals surface area (Å²) in [5.74, 6) is 0.793. The van der Waals surface area contributed by atoms with Crippen molar-refractivity contribution in [1.82, 2.24) is 9.97 Å². The lowest BCUT2D eigenvalue weighted by atomic mass is 9.82. The Bertz CT molecular complexity index is 421. The summed E-state index contributed by atoms with van der Waals surface area (Å²) in [6.07, 6.45) is 4.99. The van der Waals surface area contributed by atoms with Crippen LogP contribution in [0.4, 0.5) is 5.82 Å². The van der Waals surface area contributed by atoms with Crippen LogP contribution in [0.3, 0.4) is 0 Å². The zero-order chi connectivity index (χ0) is 13.2. The molecule has 4 nitrogen and oxygen atoms in total. The summed E-state index contributed by atoms with van der Waals surface area (Å²) in [5.41, 5.74) is 1.02. The summed E-state index contributed by atoms with van der Waals surface area (Å²) in [5, 5.41) is 9.77. The first-order chi connectivity index (χ1) is 8.65. The Morgan fingerprint density at radius 3 is 2.67 bits per heavy atom. The van der Waals surface area contributed by atoms with Gasteiger partial charge in [-0.15, -0.1) is 0 Å². The highest BCUT2D eigenvalue weighted by molar-refractivity contribution is 6.30. The van der Waals surface area contributed by atoms with E-state index in [2.05, 4.69) is 28.7 Å². The highest BCUT2D eigenvalue weighted by Crippen LogP contribution is 2.39. The lowest BCUT2D eigenvalue weighted by Crippen LogP contribution is -2.27. The van der Waals surface area contributed by atoms with E-state index in [4.69, 9.17) is 11.6 Å². The van der Waals surface area contributed by atoms with Gasteiger partial charge in [0.1, 0.15) is 17.3 Å². The van der Waals surface area contributed by atoms with E-state index in [1.54, 1.807) is 0 Å². The van der Waals surface area contributed by atoms with E-state index in [-0.39, 0.29) is 6.61 Å². The highest BCUT2D eigenvalue weighted by atomic mass is 35.5. The Morgan fingerprint density at radius 2 is 2.11 bits per heavy atom. The van der Waals surface area contributed by atoms with Gasteiger partial charge < -0.3 is 10.0 Å². The van der Waals surface area contributed by atoms with Crippen molar-refractivity contribution in [3.05, 3.63) is 17.0 Å². The van der Waals surface area contributed by atoms with Crippen LogP contribution in [0.2, 0.25) is 5.15 Å². The number of anilines is 1. The molecule has 2 rings (SSSR count). The second-order valence-electron chi connectivity index (χ2n) is 5.00. The van der Waals surface area contributed by atoms with Crippen molar-refractivity contribution in [2.45, 2.75) is 39.7 Å². The average Bonchev–Trinajstić information content (AvgIpc) is 2.83. The Hall–Kier alpha value is -0.870. The maximum absolute atomic E-state index is 9.41. The van der Waals surface area contributed by atoms with Crippen LogP contribution in [0, 0.1) is 5.41 Å². The Kier molecular flexibility index (Phi) is 4.07. The minimum atomic E-state index is -0.114. The molecule has 1 saturated heterocycles. The number of aliphatic hydroxyl groups is 1. The van der Waals surface area contributed by atoms with Gasteiger partial charge >= 0.3 is 0 Å². The van der Waals surface area contributed by atoms with E-state index in [1.807, 2.05) is 0 Å². The molecule has 2 heterocycles. The number of aromatic nitrogens is 2. The van der Waals surface area contributed by atoms with Crippen LogP contribution in [-0.2, 0) is 6.61 Å². The third kappa shape index (κ3) is 2.31. The molecule has 1 aromatic heterocycles. The van der Waals surface area contributed by atoms with Crippen molar-refractivity contribution in [2.75, 3.05) is 18.0 Å². The van der Waals surface area contributed by atoms with Gasteiger partial charge in [0.25, 0.3) is 0 Å². The third-order valence-corrected chi connectivity index (χ3v) is 4.59. The molecule has 5 heteroatoms. The first-order valence-corrected chi connectivity index (χ1v) is 6.88. The van der Waals surface area contributed by atoms with Crippen molar-refractivity contribution >= 4 is 17.4 Å². The molecule has 0 aliphatic carbocycles. The van der Waals surface area contributed by atoms with Crippen LogP contribution in [0.1, 0.15) is 38.7 Å². The predicted octanol–water partition coefficient (Wildman–Crippen LogP) is 2.64. The van der Waals surface area contributed by atoms with Crippen LogP contribution in [0.15, 0.2) is 6.33 Å². The summed E-state index contributed by atoms with van der Waals surface area (Å²) < 4.78 is 0. The van der Waals surface area contributed by atoms with Crippen molar-refractivity contribution in [3.63, 3.8) is 0 Å². The van der Waals surface area contributed by atoms with Crippen LogP contribution in [-0.4, -0.2) is 28.2 Å². The number of hydrogen-bond acceptors (Lipinski definition) is 4. The van der Waals surface area contributed by atoms with E-state index in [1.165, 1.54) is 25.6 Å². The predicted molar refractivity (Wildman–Crippen MR) is 72.8 cm³/mol. The Morgan fingerprint density at radius 1 is 1.39 bits per heavy atom. The lowest BCUT2D eigenvalue weighted by Gasteiger charge is -2.27. The smallest absolute Gasteiger partial charge is 0.140 e.